The van der Waals surface area contributed by atoms with Crippen LogP contribution in [0.1, 0.15) is 12.8 Å². The minimum atomic E-state index is -4.82. The molecule has 1 saturated heterocycles. The number of hydrogen-bond donors (Lipinski definition) is 2. The quantitative estimate of drug-likeness (QED) is 0.777. The lowest BCUT2D eigenvalue weighted by molar-refractivity contribution is -0.184. The van der Waals surface area contributed by atoms with E-state index in [2.05, 4.69) is 25.7 Å². The van der Waals surface area contributed by atoms with Gasteiger partial charge in [-0.3, -0.25) is 9.48 Å². The number of likely N-dealkylation sites (tertiary alicyclic amines) is 1. The number of carbonyl (C=O) groups is 1. The molecule has 8 nitrogen and oxygen atoms in total. The summed E-state index contributed by atoms with van der Waals surface area (Å²) in [6.45, 7) is 0.263. The fraction of sp³-hybridized carbons (Fsp3) is 0.529. The van der Waals surface area contributed by atoms with Crippen molar-refractivity contribution in [2.75, 3.05) is 23.7 Å². The van der Waals surface area contributed by atoms with E-state index in [1.807, 2.05) is 0 Å². The van der Waals surface area contributed by atoms with E-state index >= 15 is 0 Å². The molecule has 1 amide bonds. The van der Waals surface area contributed by atoms with E-state index in [4.69, 9.17) is 11.6 Å². The Hall–Kier alpha value is -2.56. The Morgan fingerprint density at radius 2 is 1.93 bits per heavy atom. The Morgan fingerprint density at radius 1 is 1.24 bits per heavy atom. The maximum Gasteiger partial charge on any atom is 0.471 e. The van der Waals surface area contributed by atoms with Gasteiger partial charge in [0.2, 0.25) is 5.95 Å². The van der Waals surface area contributed by atoms with Crippen LogP contribution in [0.25, 0.3) is 0 Å². The third-order valence-corrected chi connectivity index (χ3v) is 5.60. The van der Waals surface area contributed by atoms with Gasteiger partial charge in [0.25, 0.3) is 0 Å². The first kappa shape index (κ1) is 19.7. The normalized spacial score (nSPS) is 23.9. The first-order valence-electron chi connectivity index (χ1n) is 9.10. The van der Waals surface area contributed by atoms with Gasteiger partial charge >= 0.3 is 12.1 Å². The van der Waals surface area contributed by atoms with E-state index in [-0.39, 0.29) is 31.0 Å². The number of nitrogens with zero attached hydrogens (tertiary/aromatic N) is 5. The van der Waals surface area contributed by atoms with Gasteiger partial charge in [-0.25, -0.2) is 4.98 Å². The molecular formula is C17H19ClF3N7O. The molecule has 0 aromatic carbocycles. The summed E-state index contributed by atoms with van der Waals surface area (Å²) in [6, 6.07) is 0.0202. The summed E-state index contributed by atoms with van der Waals surface area (Å²) in [6.07, 6.45) is 1.38. The Labute approximate surface area is 169 Å². The molecule has 2 aromatic rings. The molecule has 2 unspecified atom stereocenters. The second-order valence-corrected chi connectivity index (χ2v) is 7.87. The molecule has 156 valence electrons. The minimum absolute atomic E-state index is 0.0202. The van der Waals surface area contributed by atoms with E-state index in [1.54, 1.807) is 24.1 Å². The second-order valence-electron chi connectivity index (χ2n) is 7.46. The van der Waals surface area contributed by atoms with Crippen molar-refractivity contribution in [3.05, 3.63) is 23.6 Å². The van der Waals surface area contributed by atoms with Gasteiger partial charge in [0.1, 0.15) is 5.02 Å². The standard InChI is InChI=1S/C17H19ClF3N7O/c1-27-8-12(4-23-27)25-16-22-5-13(18)14(26-16)24-11-2-9-6-28(7-10(9)3-11)15(29)17(19,20)21/h4-5,8-11H,2-3,6-7H2,1H3,(H2,22,24,25,26). The van der Waals surface area contributed by atoms with Crippen molar-refractivity contribution in [1.29, 1.82) is 0 Å². The number of amides is 1. The summed E-state index contributed by atoms with van der Waals surface area (Å²) in [4.78, 5) is 20.9. The van der Waals surface area contributed by atoms with Crippen LogP contribution < -0.4 is 10.6 Å². The number of aryl methyl sites for hydroxylation is 1. The zero-order chi connectivity index (χ0) is 20.8. The number of halogens is 4. The van der Waals surface area contributed by atoms with Crippen LogP contribution >= 0.6 is 11.6 Å². The van der Waals surface area contributed by atoms with Crippen molar-refractivity contribution in [1.82, 2.24) is 24.6 Å². The summed E-state index contributed by atoms with van der Waals surface area (Å²) in [5.41, 5.74) is 0.727. The van der Waals surface area contributed by atoms with Gasteiger partial charge in [0, 0.05) is 32.4 Å². The number of aromatic nitrogens is 4. The third kappa shape index (κ3) is 4.24. The molecule has 2 aromatic heterocycles. The summed E-state index contributed by atoms with van der Waals surface area (Å²) in [7, 11) is 1.79. The lowest BCUT2D eigenvalue weighted by Crippen LogP contribution is -2.40. The summed E-state index contributed by atoms with van der Waals surface area (Å²) < 4.78 is 39.6. The van der Waals surface area contributed by atoms with E-state index in [9.17, 15) is 18.0 Å². The molecule has 12 heteroatoms. The van der Waals surface area contributed by atoms with Gasteiger partial charge in [0.05, 0.1) is 18.1 Å². The zero-order valence-corrected chi connectivity index (χ0v) is 16.2. The van der Waals surface area contributed by atoms with Crippen LogP contribution in [0.2, 0.25) is 5.02 Å². The van der Waals surface area contributed by atoms with Gasteiger partial charge in [-0.1, -0.05) is 11.6 Å². The van der Waals surface area contributed by atoms with Crippen LogP contribution in [0.3, 0.4) is 0 Å². The molecule has 2 atom stereocenters. The molecule has 1 aliphatic heterocycles. The molecule has 3 heterocycles. The van der Waals surface area contributed by atoms with Crippen LogP contribution in [-0.4, -0.2) is 55.9 Å². The molecular weight excluding hydrogens is 411 g/mol. The van der Waals surface area contributed by atoms with Crippen LogP contribution in [0.4, 0.5) is 30.6 Å². The number of fused-ring (bicyclic) bond motifs is 1. The van der Waals surface area contributed by atoms with E-state index in [0.29, 0.717) is 29.6 Å². The van der Waals surface area contributed by atoms with Gasteiger partial charge in [-0.05, 0) is 24.7 Å². The summed E-state index contributed by atoms with van der Waals surface area (Å²) in [5.74, 6) is -0.868. The summed E-state index contributed by atoms with van der Waals surface area (Å²) >= 11 is 6.21. The van der Waals surface area contributed by atoms with Crippen LogP contribution in [0, 0.1) is 11.8 Å². The molecule has 29 heavy (non-hydrogen) atoms. The van der Waals surface area contributed by atoms with Crippen LogP contribution in [-0.2, 0) is 11.8 Å². The molecule has 1 saturated carbocycles. The highest BCUT2D eigenvalue weighted by molar-refractivity contribution is 6.32. The predicted molar refractivity (Wildman–Crippen MR) is 99.8 cm³/mol. The number of carbonyl (C=O) groups excluding carboxylic acids is 1. The Kier molecular flexibility index (Phi) is 5.01. The van der Waals surface area contributed by atoms with Crippen LogP contribution in [0.15, 0.2) is 18.6 Å². The molecule has 2 N–H and O–H groups in total. The molecule has 1 aliphatic carbocycles. The lowest BCUT2D eigenvalue weighted by atomic mass is 10.0. The fourth-order valence-electron chi connectivity index (χ4n) is 4.10. The Bertz CT molecular complexity index is 905. The predicted octanol–water partition coefficient (Wildman–Crippen LogP) is 2.82. The van der Waals surface area contributed by atoms with Crippen molar-refractivity contribution in [3.8, 4) is 0 Å². The monoisotopic (exact) mass is 429 g/mol. The molecule has 0 spiro atoms. The van der Waals surface area contributed by atoms with E-state index in [1.165, 1.54) is 6.20 Å². The highest BCUT2D eigenvalue weighted by Gasteiger charge is 2.49. The number of alkyl halides is 3. The topological polar surface area (TPSA) is 88.0 Å². The third-order valence-electron chi connectivity index (χ3n) is 5.33. The number of rotatable bonds is 4. The fourth-order valence-corrected chi connectivity index (χ4v) is 4.25. The van der Waals surface area contributed by atoms with Crippen molar-refractivity contribution in [2.24, 2.45) is 18.9 Å². The lowest BCUT2D eigenvalue weighted by Gasteiger charge is -2.21. The first-order chi connectivity index (χ1) is 13.7. The van der Waals surface area contributed by atoms with Crippen molar-refractivity contribution in [3.63, 3.8) is 0 Å². The average Bonchev–Trinajstić information content (AvgIpc) is 3.31. The maximum absolute atomic E-state index is 12.6. The van der Waals surface area contributed by atoms with Gasteiger partial charge in [-0.15, -0.1) is 0 Å². The van der Waals surface area contributed by atoms with Gasteiger partial charge in [-0.2, -0.15) is 23.3 Å². The number of hydrogen-bond acceptors (Lipinski definition) is 6. The van der Waals surface area contributed by atoms with Crippen molar-refractivity contribution >= 4 is 35.0 Å². The van der Waals surface area contributed by atoms with E-state index < -0.39 is 12.1 Å². The largest absolute Gasteiger partial charge is 0.471 e. The Balaban J connectivity index is 1.38. The van der Waals surface area contributed by atoms with E-state index in [0.717, 1.165) is 10.6 Å². The number of anilines is 3. The van der Waals surface area contributed by atoms with Crippen LogP contribution in [0.5, 0.6) is 0 Å². The maximum atomic E-state index is 12.6. The van der Waals surface area contributed by atoms with Gasteiger partial charge < -0.3 is 15.5 Å². The molecule has 2 fully saturated rings. The smallest absolute Gasteiger partial charge is 0.366 e. The molecule has 2 aliphatic rings. The second kappa shape index (κ2) is 7.36. The zero-order valence-electron chi connectivity index (χ0n) is 15.4. The number of nitrogens with one attached hydrogen (secondary N) is 2. The SMILES string of the molecule is Cn1cc(Nc2ncc(Cl)c(NC3CC4CN(C(=O)C(F)(F)F)CC4C3)n2)cn1. The molecule has 0 radical (unpaired) electrons. The molecule has 4 rings (SSSR count). The first-order valence-corrected chi connectivity index (χ1v) is 9.47. The van der Waals surface area contributed by atoms with Crippen molar-refractivity contribution in [2.45, 2.75) is 25.1 Å². The Morgan fingerprint density at radius 3 is 2.52 bits per heavy atom. The molecule has 0 bridgehead atoms. The van der Waals surface area contributed by atoms with Crippen molar-refractivity contribution < 1.29 is 18.0 Å². The average molecular weight is 430 g/mol. The summed E-state index contributed by atoms with van der Waals surface area (Å²) in [5, 5.41) is 10.7. The highest BCUT2D eigenvalue weighted by atomic mass is 35.5. The highest BCUT2D eigenvalue weighted by Crippen LogP contribution is 2.40. The van der Waals surface area contributed by atoms with Gasteiger partial charge in [0.15, 0.2) is 5.82 Å². The minimum Gasteiger partial charge on any atom is -0.366 e.